The first-order chi connectivity index (χ1) is 12.4. The van der Waals surface area contributed by atoms with Gasteiger partial charge in [-0.3, -0.25) is 0 Å². The summed E-state index contributed by atoms with van der Waals surface area (Å²) in [6.07, 6.45) is 11.3. The van der Waals surface area contributed by atoms with E-state index in [4.69, 9.17) is 0 Å². The van der Waals surface area contributed by atoms with Crippen molar-refractivity contribution in [2.75, 3.05) is 0 Å². The predicted molar refractivity (Wildman–Crippen MR) is 112 cm³/mol. The van der Waals surface area contributed by atoms with Crippen LogP contribution in [0.5, 0.6) is 0 Å². The third-order valence-electron chi connectivity index (χ3n) is 7.08. The van der Waals surface area contributed by atoms with E-state index in [9.17, 15) is 4.39 Å². The standard InChI is InChI=1S/C25H41F/c1-6-7-8-19(3)20(4)11-12-21(5)24-16-15-23(17-25(24)26)22-13-9-18(2)10-14-22/h15-22H,6-14H2,1-5H3. The summed E-state index contributed by atoms with van der Waals surface area (Å²) in [6.45, 7) is 11.6. The molecule has 3 unspecified atom stereocenters. The Labute approximate surface area is 162 Å². The molecular formula is C25H41F. The molecule has 1 saturated carbocycles. The fourth-order valence-electron chi connectivity index (χ4n) is 4.55. The summed E-state index contributed by atoms with van der Waals surface area (Å²) in [7, 11) is 0. The molecule has 0 saturated heterocycles. The summed E-state index contributed by atoms with van der Waals surface area (Å²) in [5.41, 5.74) is 2.15. The van der Waals surface area contributed by atoms with Gasteiger partial charge in [-0.25, -0.2) is 4.39 Å². The molecule has 3 atom stereocenters. The van der Waals surface area contributed by atoms with E-state index in [2.05, 4.69) is 46.8 Å². The molecule has 0 bridgehead atoms. The highest BCUT2D eigenvalue weighted by molar-refractivity contribution is 5.29. The van der Waals surface area contributed by atoms with Crippen molar-refractivity contribution >= 4 is 0 Å². The Balaban J connectivity index is 1.89. The Morgan fingerprint density at radius 2 is 1.62 bits per heavy atom. The van der Waals surface area contributed by atoms with E-state index >= 15 is 0 Å². The molecule has 0 nitrogen and oxygen atoms in total. The summed E-state index contributed by atoms with van der Waals surface area (Å²) >= 11 is 0. The van der Waals surface area contributed by atoms with Crippen molar-refractivity contribution in [1.82, 2.24) is 0 Å². The van der Waals surface area contributed by atoms with Crippen LogP contribution in [0.15, 0.2) is 18.2 Å². The van der Waals surface area contributed by atoms with Crippen molar-refractivity contribution in [2.24, 2.45) is 17.8 Å². The number of rotatable bonds is 9. The van der Waals surface area contributed by atoms with E-state index in [0.717, 1.165) is 29.7 Å². The van der Waals surface area contributed by atoms with Gasteiger partial charge in [0.1, 0.15) is 5.82 Å². The van der Waals surface area contributed by atoms with Crippen LogP contribution >= 0.6 is 0 Å². The number of hydrogen-bond acceptors (Lipinski definition) is 0. The summed E-state index contributed by atoms with van der Waals surface area (Å²) < 4.78 is 14.8. The van der Waals surface area contributed by atoms with E-state index in [1.165, 1.54) is 56.9 Å². The van der Waals surface area contributed by atoms with Gasteiger partial charge in [0.05, 0.1) is 0 Å². The topological polar surface area (TPSA) is 0 Å². The average Bonchev–Trinajstić information content (AvgIpc) is 2.64. The van der Waals surface area contributed by atoms with Crippen LogP contribution in [0.4, 0.5) is 4.39 Å². The van der Waals surface area contributed by atoms with Crippen LogP contribution in [0.25, 0.3) is 0 Å². The van der Waals surface area contributed by atoms with Crippen LogP contribution in [-0.4, -0.2) is 0 Å². The van der Waals surface area contributed by atoms with Gasteiger partial charge in [0, 0.05) is 0 Å². The normalized spacial score (nSPS) is 24.2. The average molecular weight is 361 g/mol. The van der Waals surface area contributed by atoms with Gasteiger partial charge in [-0.2, -0.15) is 0 Å². The predicted octanol–water partition coefficient (Wildman–Crippen LogP) is 8.47. The minimum absolute atomic E-state index is 0.0281. The third-order valence-corrected chi connectivity index (χ3v) is 7.08. The van der Waals surface area contributed by atoms with Gasteiger partial charge in [0.2, 0.25) is 0 Å². The zero-order chi connectivity index (χ0) is 19.1. The van der Waals surface area contributed by atoms with Crippen LogP contribution in [0.2, 0.25) is 0 Å². The van der Waals surface area contributed by atoms with Gasteiger partial charge < -0.3 is 0 Å². The Bertz CT molecular complexity index is 527. The molecule has 0 spiro atoms. The lowest BCUT2D eigenvalue weighted by atomic mass is 9.79. The summed E-state index contributed by atoms with van der Waals surface area (Å²) in [5, 5.41) is 0. The Kier molecular flexibility index (Phi) is 8.64. The lowest BCUT2D eigenvalue weighted by Crippen LogP contribution is -2.12. The molecule has 0 aliphatic heterocycles. The molecule has 1 fully saturated rings. The Morgan fingerprint density at radius 1 is 0.962 bits per heavy atom. The maximum absolute atomic E-state index is 14.8. The van der Waals surface area contributed by atoms with E-state index in [-0.39, 0.29) is 5.82 Å². The summed E-state index contributed by atoms with van der Waals surface area (Å²) in [5.74, 6) is 3.27. The maximum Gasteiger partial charge on any atom is 0.126 e. The first-order valence-electron chi connectivity index (χ1n) is 11.2. The van der Waals surface area contributed by atoms with Gasteiger partial charge in [-0.15, -0.1) is 0 Å². The summed E-state index contributed by atoms with van der Waals surface area (Å²) in [6, 6.07) is 6.14. The SMILES string of the molecule is CCCCC(C)C(C)CCC(C)c1ccc(C2CCC(C)CC2)cc1F. The van der Waals surface area contributed by atoms with Gasteiger partial charge in [0.15, 0.2) is 0 Å². The van der Waals surface area contributed by atoms with Crippen LogP contribution in [0, 0.1) is 23.6 Å². The van der Waals surface area contributed by atoms with Gasteiger partial charge in [0.25, 0.3) is 0 Å². The summed E-state index contributed by atoms with van der Waals surface area (Å²) in [4.78, 5) is 0. The second-order valence-electron chi connectivity index (χ2n) is 9.31. The zero-order valence-electron chi connectivity index (χ0n) is 17.9. The molecule has 0 aromatic heterocycles. The number of halogens is 1. The molecule has 1 aromatic rings. The number of hydrogen-bond donors (Lipinski definition) is 0. The lowest BCUT2D eigenvalue weighted by molar-refractivity contribution is 0.322. The Morgan fingerprint density at radius 3 is 2.23 bits per heavy atom. The highest BCUT2D eigenvalue weighted by Crippen LogP contribution is 2.37. The molecule has 0 radical (unpaired) electrons. The minimum Gasteiger partial charge on any atom is -0.207 e. The minimum atomic E-state index is 0.0281. The van der Waals surface area contributed by atoms with Gasteiger partial charge >= 0.3 is 0 Å². The van der Waals surface area contributed by atoms with Gasteiger partial charge in [-0.1, -0.05) is 78.9 Å². The van der Waals surface area contributed by atoms with Crippen molar-refractivity contribution in [1.29, 1.82) is 0 Å². The fraction of sp³-hybridized carbons (Fsp3) is 0.760. The molecule has 1 aliphatic rings. The number of unbranched alkanes of at least 4 members (excludes halogenated alkanes) is 1. The van der Waals surface area contributed by atoms with Crippen LogP contribution in [0.1, 0.15) is 115 Å². The molecule has 0 heterocycles. The second-order valence-corrected chi connectivity index (χ2v) is 9.31. The van der Waals surface area contributed by atoms with Crippen LogP contribution < -0.4 is 0 Å². The molecule has 1 heteroatoms. The molecule has 1 aromatic carbocycles. The quantitative estimate of drug-likeness (QED) is 0.414. The second kappa shape index (κ2) is 10.5. The highest BCUT2D eigenvalue weighted by atomic mass is 19.1. The van der Waals surface area contributed by atoms with E-state index in [0.29, 0.717) is 11.8 Å². The first kappa shape index (κ1) is 21.5. The molecular weight excluding hydrogens is 319 g/mol. The maximum atomic E-state index is 14.8. The largest absolute Gasteiger partial charge is 0.207 e. The van der Waals surface area contributed by atoms with Crippen molar-refractivity contribution in [3.63, 3.8) is 0 Å². The first-order valence-corrected chi connectivity index (χ1v) is 11.2. The van der Waals surface area contributed by atoms with Crippen molar-refractivity contribution in [2.45, 2.75) is 104 Å². The lowest BCUT2D eigenvalue weighted by Gasteiger charge is -2.27. The highest BCUT2D eigenvalue weighted by Gasteiger charge is 2.22. The van der Waals surface area contributed by atoms with E-state index in [1.54, 1.807) is 0 Å². The molecule has 0 N–H and O–H groups in total. The van der Waals surface area contributed by atoms with E-state index < -0.39 is 0 Å². The molecule has 148 valence electrons. The molecule has 2 rings (SSSR count). The smallest absolute Gasteiger partial charge is 0.126 e. The monoisotopic (exact) mass is 360 g/mol. The van der Waals surface area contributed by atoms with E-state index in [1.807, 2.05) is 6.07 Å². The molecule has 0 amide bonds. The Hall–Kier alpha value is -0.850. The third kappa shape index (κ3) is 6.10. The fourth-order valence-corrected chi connectivity index (χ4v) is 4.55. The van der Waals surface area contributed by atoms with Crippen LogP contribution in [-0.2, 0) is 0 Å². The van der Waals surface area contributed by atoms with Crippen molar-refractivity contribution < 1.29 is 4.39 Å². The van der Waals surface area contributed by atoms with Crippen molar-refractivity contribution in [3.05, 3.63) is 35.1 Å². The van der Waals surface area contributed by atoms with Crippen molar-refractivity contribution in [3.8, 4) is 0 Å². The molecule has 1 aliphatic carbocycles. The molecule has 26 heavy (non-hydrogen) atoms. The number of benzene rings is 1. The van der Waals surface area contributed by atoms with Crippen LogP contribution in [0.3, 0.4) is 0 Å². The zero-order valence-corrected chi connectivity index (χ0v) is 17.9. The van der Waals surface area contributed by atoms with Gasteiger partial charge in [-0.05, 0) is 72.5 Å².